The van der Waals surface area contributed by atoms with E-state index in [-0.39, 0.29) is 30.3 Å². The van der Waals surface area contributed by atoms with Crippen molar-refractivity contribution in [1.82, 2.24) is 10.2 Å². The molecule has 2 aromatic carbocycles. The molecule has 3 aliphatic rings. The number of aliphatic hydroxyl groups is 1. The van der Waals surface area contributed by atoms with Crippen LogP contribution in [0, 0.1) is 23.7 Å². The van der Waals surface area contributed by atoms with E-state index in [0.29, 0.717) is 30.8 Å². The van der Waals surface area contributed by atoms with Crippen LogP contribution in [0.1, 0.15) is 46.1 Å². The summed E-state index contributed by atoms with van der Waals surface area (Å²) in [6, 6.07) is 15.0. The molecule has 3 amide bonds. The molecule has 2 aromatic rings. The van der Waals surface area contributed by atoms with Crippen molar-refractivity contribution in [3.63, 3.8) is 0 Å². The van der Waals surface area contributed by atoms with Gasteiger partial charge in [0, 0.05) is 12.2 Å². The third kappa shape index (κ3) is 4.89. The molecule has 0 radical (unpaired) electrons. The number of amides is 3. The number of rotatable bonds is 10. The fourth-order valence-electron chi connectivity index (χ4n) is 7.37. The topological polar surface area (TPSA) is 117 Å². The van der Waals surface area contributed by atoms with E-state index in [9.17, 15) is 19.5 Å². The molecule has 5 rings (SSSR count). The highest BCUT2D eigenvalue weighted by molar-refractivity contribution is 6.04. The van der Waals surface area contributed by atoms with Crippen molar-refractivity contribution >= 4 is 23.4 Å². The Labute approximate surface area is 241 Å². The van der Waals surface area contributed by atoms with Crippen molar-refractivity contribution in [3.8, 4) is 5.75 Å². The zero-order chi connectivity index (χ0) is 29.5. The minimum absolute atomic E-state index is 0.0760. The number of aliphatic hydroxyl groups excluding tert-OH is 1. The number of nitrogens with one attached hydrogen (secondary N) is 2. The molecule has 41 heavy (non-hydrogen) atoms. The minimum Gasteiger partial charge on any atom is -0.497 e. The summed E-state index contributed by atoms with van der Waals surface area (Å²) in [7, 11) is 1.57. The number of hydrogen-bond donors (Lipinski definition) is 3. The van der Waals surface area contributed by atoms with Gasteiger partial charge in [-0.1, -0.05) is 51.1 Å². The molecule has 1 spiro atoms. The lowest BCUT2D eigenvalue weighted by Gasteiger charge is -2.37. The largest absolute Gasteiger partial charge is 0.497 e. The summed E-state index contributed by atoms with van der Waals surface area (Å²) in [5.41, 5.74) is -0.609. The van der Waals surface area contributed by atoms with E-state index >= 15 is 0 Å². The molecule has 0 aromatic heterocycles. The Hall–Kier alpha value is -3.43. The molecule has 2 bridgehead atoms. The number of fused-ring (bicyclic) bond motifs is 1. The van der Waals surface area contributed by atoms with Crippen molar-refractivity contribution < 1.29 is 29.0 Å². The molecule has 9 nitrogen and oxygen atoms in total. The standard InChI is InChI=1S/C32H41N3O6/c1-19(2)15-23(18-36)35-27(29(38)34-22-11-13-24(40-5)14-12-22)32-16-20(3)31(4,41-32)25(26(32)30(35)39)28(37)33-17-21-9-7-6-8-10-21/h6-14,19-20,23,25-27,36H,15-18H2,1-5H3,(H,33,37)(H,34,38)/t20?,23-,25+,26+,27?,31-,32?/m1/s1. The average molecular weight is 564 g/mol. The quantitative estimate of drug-likeness (QED) is 0.408. The van der Waals surface area contributed by atoms with Crippen LogP contribution in [0.4, 0.5) is 5.69 Å². The highest BCUT2D eigenvalue weighted by atomic mass is 16.5. The van der Waals surface area contributed by atoms with Crippen molar-refractivity contribution in [2.75, 3.05) is 19.0 Å². The highest BCUT2D eigenvalue weighted by Gasteiger charge is 2.80. The molecule has 220 valence electrons. The van der Waals surface area contributed by atoms with Crippen LogP contribution in [0.3, 0.4) is 0 Å². The number of carbonyl (C=O) groups is 3. The number of hydrogen-bond acceptors (Lipinski definition) is 6. The van der Waals surface area contributed by atoms with Crippen LogP contribution >= 0.6 is 0 Å². The van der Waals surface area contributed by atoms with Crippen molar-refractivity contribution in [2.24, 2.45) is 23.7 Å². The van der Waals surface area contributed by atoms with Crippen molar-refractivity contribution in [1.29, 1.82) is 0 Å². The first-order chi connectivity index (χ1) is 19.6. The summed E-state index contributed by atoms with van der Waals surface area (Å²) < 4.78 is 12.0. The molecule has 3 saturated heterocycles. The van der Waals surface area contributed by atoms with E-state index in [2.05, 4.69) is 10.6 Å². The third-order valence-corrected chi connectivity index (χ3v) is 9.30. The molecule has 7 atom stereocenters. The van der Waals surface area contributed by atoms with Gasteiger partial charge in [-0.25, -0.2) is 0 Å². The fraction of sp³-hybridized carbons (Fsp3) is 0.531. The zero-order valence-corrected chi connectivity index (χ0v) is 24.4. The summed E-state index contributed by atoms with van der Waals surface area (Å²) in [6.45, 7) is 7.97. The SMILES string of the molecule is COc1ccc(NC(=O)C2N([C@@H](CO)CC(C)C)C(=O)[C@@H]3[C@@H](C(=O)NCc4ccccc4)[C@]4(C)OC23CC4C)cc1. The first kappa shape index (κ1) is 29.1. The Kier molecular flexibility index (Phi) is 7.87. The molecular weight excluding hydrogens is 522 g/mol. The first-order valence-electron chi connectivity index (χ1n) is 14.5. The van der Waals surface area contributed by atoms with E-state index in [1.165, 1.54) is 4.90 Å². The first-order valence-corrected chi connectivity index (χ1v) is 14.5. The molecule has 0 saturated carbocycles. The Bertz CT molecular complexity index is 1280. The summed E-state index contributed by atoms with van der Waals surface area (Å²) >= 11 is 0. The number of ether oxygens (including phenoxy) is 2. The van der Waals surface area contributed by atoms with Crippen LogP contribution in [0.5, 0.6) is 5.75 Å². The van der Waals surface area contributed by atoms with Crippen molar-refractivity contribution in [3.05, 3.63) is 60.2 Å². The number of carbonyl (C=O) groups excluding carboxylic acids is 3. The van der Waals surface area contributed by atoms with Gasteiger partial charge in [-0.3, -0.25) is 14.4 Å². The van der Waals surface area contributed by atoms with Crippen LogP contribution in [0.25, 0.3) is 0 Å². The highest BCUT2D eigenvalue weighted by Crippen LogP contribution is 2.65. The fourth-order valence-corrected chi connectivity index (χ4v) is 7.37. The molecule has 3 N–H and O–H groups in total. The van der Waals surface area contributed by atoms with Crippen LogP contribution in [-0.2, 0) is 25.7 Å². The van der Waals surface area contributed by atoms with Gasteiger partial charge in [-0.05, 0) is 61.4 Å². The lowest BCUT2D eigenvalue weighted by atomic mass is 9.62. The smallest absolute Gasteiger partial charge is 0.250 e. The van der Waals surface area contributed by atoms with E-state index in [1.54, 1.807) is 31.4 Å². The number of nitrogens with zero attached hydrogens (tertiary/aromatic N) is 1. The van der Waals surface area contributed by atoms with Gasteiger partial charge in [0.25, 0.3) is 0 Å². The van der Waals surface area contributed by atoms with Gasteiger partial charge in [0.2, 0.25) is 17.7 Å². The Morgan fingerprint density at radius 1 is 1.12 bits per heavy atom. The van der Waals surface area contributed by atoms with Gasteiger partial charge in [0.05, 0.1) is 37.2 Å². The maximum atomic E-state index is 14.4. The number of anilines is 1. The second-order valence-corrected chi connectivity index (χ2v) is 12.3. The minimum atomic E-state index is -1.19. The maximum absolute atomic E-state index is 14.4. The van der Waals surface area contributed by atoms with Crippen LogP contribution in [0.2, 0.25) is 0 Å². The van der Waals surface area contributed by atoms with Gasteiger partial charge in [0.15, 0.2) is 0 Å². The van der Waals surface area contributed by atoms with E-state index in [4.69, 9.17) is 9.47 Å². The molecule has 0 aliphatic carbocycles. The molecule has 9 heteroatoms. The normalized spacial score (nSPS) is 30.8. The summed E-state index contributed by atoms with van der Waals surface area (Å²) in [5, 5.41) is 16.5. The Morgan fingerprint density at radius 2 is 1.80 bits per heavy atom. The predicted molar refractivity (Wildman–Crippen MR) is 154 cm³/mol. The number of methoxy groups -OCH3 is 1. The lowest BCUT2D eigenvalue weighted by molar-refractivity contribution is -0.149. The van der Waals surface area contributed by atoms with Crippen molar-refractivity contribution in [2.45, 2.75) is 70.4 Å². The molecule has 3 aliphatic heterocycles. The van der Waals surface area contributed by atoms with Crippen LogP contribution in [0.15, 0.2) is 54.6 Å². The molecular formula is C32H41N3O6. The van der Waals surface area contributed by atoms with Gasteiger partial charge in [-0.15, -0.1) is 0 Å². The second kappa shape index (κ2) is 11.1. The summed E-state index contributed by atoms with van der Waals surface area (Å²) in [4.78, 5) is 44.0. The van der Waals surface area contributed by atoms with Crippen LogP contribution < -0.4 is 15.4 Å². The zero-order valence-electron chi connectivity index (χ0n) is 24.4. The van der Waals surface area contributed by atoms with Gasteiger partial charge in [-0.2, -0.15) is 0 Å². The van der Waals surface area contributed by atoms with Gasteiger partial charge >= 0.3 is 0 Å². The van der Waals surface area contributed by atoms with Crippen LogP contribution in [-0.4, -0.2) is 64.7 Å². The third-order valence-electron chi connectivity index (χ3n) is 9.30. The Balaban J connectivity index is 1.52. The lowest BCUT2D eigenvalue weighted by Crippen LogP contribution is -2.56. The molecule has 3 unspecified atom stereocenters. The second-order valence-electron chi connectivity index (χ2n) is 12.3. The monoisotopic (exact) mass is 563 g/mol. The average Bonchev–Trinajstić information content (AvgIpc) is 3.47. The number of benzene rings is 2. The predicted octanol–water partition coefficient (Wildman–Crippen LogP) is 3.37. The summed E-state index contributed by atoms with van der Waals surface area (Å²) in [6.07, 6.45) is 0.967. The molecule has 3 heterocycles. The number of likely N-dealkylation sites (tertiary alicyclic amines) is 1. The van der Waals surface area contributed by atoms with E-state index < -0.39 is 41.0 Å². The van der Waals surface area contributed by atoms with Gasteiger partial charge in [0.1, 0.15) is 17.4 Å². The summed E-state index contributed by atoms with van der Waals surface area (Å²) in [5.74, 6) is -1.83. The van der Waals surface area contributed by atoms with Gasteiger partial charge < -0.3 is 30.1 Å². The van der Waals surface area contributed by atoms with E-state index in [1.807, 2.05) is 58.0 Å². The molecule has 3 fully saturated rings. The Morgan fingerprint density at radius 3 is 2.41 bits per heavy atom. The maximum Gasteiger partial charge on any atom is 0.250 e. The van der Waals surface area contributed by atoms with E-state index in [0.717, 1.165) is 5.56 Å².